The van der Waals surface area contributed by atoms with Crippen LogP contribution in [0.15, 0.2) is 54.1 Å². The Balaban J connectivity index is 1.91. The van der Waals surface area contributed by atoms with Gasteiger partial charge in [0.1, 0.15) is 17.8 Å². The Morgan fingerprint density at radius 1 is 1.07 bits per heavy atom. The molecule has 1 saturated heterocycles. The molecule has 0 unspecified atom stereocenters. The zero-order valence-electron chi connectivity index (χ0n) is 24.4. The van der Waals surface area contributed by atoms with Crippen molar-refractivity contribution >= 4 is 39.9 Å². The van der Waals surface area contributed by atoms with Crippen molar-refractivity contribution in [2.75, 3.05) is 31.1 Å². The van der Waals surface area contributed by atoms with Gasteiger partial charge in [0.25, 0.3) is 11.2 Å². The minimum absolute atomic E-state index is 0.0951. The Bertz CT molecular complexity index is 1830. The second-order valence-electron chi connectivity index (χ2n) is 10.9. The molecule has 1 aromatic carbocycles. The van der Waals surface area contributed by atoms with E-state index in [0.29, 0.717) is 54.3 Å². The second kappa shape index (κ2) is 11.9. The molecule has 0 N–H and O–H groups in total. The average molecular weight is 600 g/mol. The van der Waals surface area contributed by atoms with Gasteiger partial charge in [-0.05, 0) is 36.1 Å². The van der Waals surface area contributed by atoms with Crippen molar-refractivity contribution < 1.29 is 9.18 Å². The predicted octanol–water partition coefficient (Wildman–Crippen LogP) is 6.27. The molecule has 0 saturated carbocycles. The van der Waals surface area contributed by atoms with E-state index in [9.17, 15) is 9.59 Å². The number of pyridine rings is 2. The minimum atomic E-state index is -0.588. The van der Waals surface area contributed by atoms with Crippen LogP contribution in [-0.4, -0.2) is 56.5 Å². The highest BCUT2D eigenvalue weighted by molar-refractivity contribution is 6.34. The maximum atomic E-state index is 15.0. The number of anilines is 1. The van der Waals surface area contributed by atoms with E-state index < -0.39 is 11.4 Å². The molecule has 4 heterocycles. The topological polar surface area (TPSA) is 88.6 Å². The Labute approximate surface area is 254 Å². The van der Waals surface area contributed by atoms with Crippen LogP contribution in [0.4, 0.5) is 15.8 Å². The van der Waals surface area contributed by atoms with Gasteiger partial charge in [-0.2, -0.15) is 0 Å². The molecular weight excluding hydrogens is 569 g/mol. The van der Waals surface area contributed by atoms with Crippen molar-refractivity contribution in [3.63, 3.8) is 0 Å². The highest BCUT2D eigenvalue weighted by Crippen LogP contribution is 2.40. The van der Waals surface area contributed by atoms with Gasteiger partial charge in [-0.1, -0.05) is 58.0 Å². The number of carbonyl (C=O) groups excluding carboxylic acids is 1. The SMILES string of the molecule is [C-]#[N+]c1c(N2CCN(C(=O)C=C)CC2)c2cc(Cl)c(-c3ccccc3F)nc2n(-c2c(C(C)C)ncnc2C(C)C)c1=O. The van der Waals surface area contributed by atoms with E-state index in [1.54, 1.807) is 29.2 Å². The van der Waals surface area contributed by atoms with Gasteiger partial charge in [0, 0.05) is 37.1 Å². The van der Waals surface area contributed by atoms with Crippen LogP contribution in [0.5, 0.6) is 0 Å². The number of aromatic nitrogens is 4. The van der Waals surface area contributed by atoms with Crippen LogP contribution in [0.25, 0.3) is 32.8 Å². The van der Waals surface area contributed by atoms with Crippen LogP contribution in [0, 0.1) is 12.4 Å². The lowest BCUT2D eigenvalue weighted by molar-refractivity contribution is -0.126. The summed E-state index contributed by atoms with van der Waals surface area (Å²) in [6.45, 7) is 21.1. The first kappa shape index (κ1) is 29.9. The second-order valence-corrected chi connectivity index (χ2v) is 11.3. The van der Waals surface area contributed by atoms with Crippen molar-refractivity contribution in [2.24, 2.45) is 0 Å². The summed E-state index contributed by atoms with van der Waals surface area (Å²) in [5, 5.41) is 0.616. The monoisotopic (exact) mass is 599 g/mol. The van der Waals surface area contributed by atoms with Gasteiger partial charge in [0.2, 0.25) is 5.91 Å². The van der Waals surface area contributed by atoms with Gasteiger partial charge >= 0.3 is 0 Å². The summed E-state index contributed by atoms with van der Waals surface area (Å²) < 4.78 is 16.4. The molecule has 11 heteroatoms. The molecule has 0 aliphatic carbocycles. The fraction of sp³-hybridized carbons (Fsp3) is 0.312. The van der Waals surface area contributed by atoms with Crippen molar-refractivity contribution in [1.29, 1.82) is 0 Å². The molecule has 1 fully saturated rings. The summed E-state index contributed by atoms with van der Waals surface area (Å²) in [5.41, 5.74) is 1.91. The van der Waals surface area contributed by atoms with E-state index in [1.807, 2.05) is 32.6 Å². The molecule has 9 nitrogen and oxygen atoms in total. The number of fused-ring (bicyclic) bond motifs is 1. The third-order valence-electron chi connectivity index (χ3n) is 7.57. The Morgan fingerprint density at radius 3 is 2.26 bits per heavy atom. The van der Waals surface area contributed by atoms with E-state index in [-0.39, 0.29) is 45.4 Å². The number of amides is 1. The van der Waals surface area contributed by atoms with Crippen molar-refractivity contribution in [3.8, 4) is 16.9 Å². The number of hydrogen-bond donors (Lipinski definition) is 0. The standard InChI is InChI=1S/C32H31ClFN7O2/c1-7-24(42)39-12-14-40(15-13-39)29-21-16-22(33)27(20-10-8-9-11-23(20)34)38-31(21)41(32(43)28(29)35-6)30-25(18(2)3)36-17-37-26(30)19(4)5/h7-11,16-19H,1,12-15H2,2-5H3. The Kier molecular flexibility index (Phi) is 8.29. The summed E-state index contributed by atoms with van der Waals surface area (Å²) in [6, 6.07) is 7.80. The fourth-order valence-corrected chi connectivity index (χ4v) is 5.74. The molecule has 1 aliphatic heterocycles. The lowest BCUT2D eigenvalue weighted by atomic mass is 10.0. The smallest absolute Gasteiger partial charge is 0.274 e. The van der Waals surface area contributed by atoms with Crippen LogP contribution in [-0.2, 0) is 4.79 Å². The van der Waals surface area contributed by atoms with Crippen LogP contribution in [0.1, 0.15) is 50.9 Å². The molecule has 4 aromatic rings. The van der Waals surface area contributed by atoms with E-state index in [2.05, 4.69) is 21.4 Å². The first-order chi connectivity index (χ1) is 20.6. The Hall–Kier alpha value is -4.62. The van der Waals surface area contributed by atoms with Crippen molar-refractivity contribution in [2.45, 2.75) is 39.5 Å². The molecular formula is C32H31ClFN7O2. The van der Waals surface area contributed by atoms with Gasteiger partial charge in [-0.15, -0.1) is 0 Å². The summed E-state index contributed by atoms with van der Waals surface area (Å²) in [6.07, 6.45) is 2.75. The number of carbonyl (C=O) groups is 1. The number of halogens is 2. The van der Waals surface area contributed by atoms with Gasteiger partial charge < -0.3 is 9.80 Å². The number of hydrogen-bond acceptors (Lipinski definition) is 6. The molecule has 1 amide bonds. The van der Waals surface area contributed by atoms with Crippen molar-refractivity contribution in [1.82, 2.24) is 24.4 Å². The van der Waals surface area contributed by atoms with Crippen molar-refractivity contribution in [3.05, 3.63) is 93.3 Å². The quantitative estimate of drug-likeness (QED) is 0.192. The molecule has 1 aliphatic rings. The third-order valence-corrected chi connectivity index (χ3v) is 7.86. The number of benzene rings is 1. The van der Waals surface area contributed by atoms with Crippen LogP contribution < -0.4 is 10.5 Å². The molecule has 0 radical (unpaired) electrons. The van der Waals surface area contributed by atoms with E-state index in [4.69, 9.17) is 23.2 Å². The van der Waals surface area contributed by atoms with E-state index >= 15 is 4.39 Å². The van der Waals surface area contributed by atoms with Gasteiger partial charge in [-0.25, -0.2) is 24.2 Å². The summed E-state index contributed by atoms with van der Waals surface area (Å²) in [4.78, 5) is 48.0. The third kappa shape index (κ3) is 5.25. The molecule has 43 heavy (non-hydrogen) atoms. The lowest BCUT2D eigenvalue weighted by Gasteiger charge is -2.37. The number of nitrogens with zero attached hydrogens (tertiary/aromatic N) is 7. The molecule has 3 aromatic heterocycles. The zero-order chi connectivity index (χ0) is 31.0. The normalized spacial score (nSPS) is 13.6. The van der Waals surface area contributed by atoms with Gasteiger partial charge in [-0.3, -0.25) is 14.2 Å². The maximum Gasteiger partial charge on any atom is 0.274 e. The fourth-order valence-electron chi connectivity index (χ4n) is 5.49. The van der Waals surface area contributed by atoms with Gasteiger partial charge in [0.15, 0.2) is 0 Å². The highest BCUT2D eigenvalue weighted by Gasteiger charge is 2.30. The van der Waals surface area contributed by atoms with E-state index in [0.717, 1.165) is 0 Å². The summed E-state index contributed by atoms with van der Waals surface area (Å²) >= 11 is 6.80. The highest BCUT2D eigenvalue weighted by atomic mass is 35.5. The molecule has 220 valence electrons. The number of rotatable bonds is 6. The molecule has 0 bridgehead atoms. The van der Waals surface area contributed by atoms with Crippen LogP contribution >= 0.6 is 11.6 Å². The zero-order valence-corrected chi connectivity index (χ0v) is 25.2. The molecule has 5 rings (SSSR count). The largest absolute Gasteiger partial charge is 0.376 e. The van der Waals surface area contributed by atoms with Gasteiger partial charge in [0.05, 0.1) is 40.1 Å². The number of piperazine rings is 1. The predicted molar refractivity (Wildman–Crippen MR) is 167 cm³/mol. The Morgan fingerprint density at radius 2 is 1.70 bits per heavy atom. The van der Waals surface area contributed by atoms with Crippen LogP contribution in [0.2, 0.25) is 5.02 Å². The summed E-state index contributed by atoms with van der Waals surface area (Å²) in [7, 11) is 0. The first-order valence-electron chi connectivity index (χ1n) is 14.0. The van der Waals surface area contributed by atoms with Crippen LogP contribution in [0.3, 0.4) is 0 Å². The average Bonchev–Trinajstić information content (AvgIpc) is 3.00. The first-order valence-corrected chi connectivity index (χ1v) is 14.4. The lowest BCUT2D eigenvalue weighted by Crippen LogP contribution is -2.48. The minimum Gasteiger partial charge on any atom is -0.376 e. The van der Waals surface area contributed by atoms with E-state index in [1.165, 1.54) is 23.0 Å². The molecule has 0 spiro atoms. The molecule has 0 atom stereocenters. The summed E-state index contributed by atoms with van der Waals surface area (Å²) in [5.74, 6) is -0.888. The maximum absolute atomic E-state index is 15.0.